The number of amides is 1. The van der Waals surface area contributed by atoms with Gasteiger partial charge in [0.25, 0.3) is 5.56 Å². The van der Waals surface area contributed by atoms with Crippen molar-refractivity contribution in [1.82, 2.24) is 9.13 Å². The van der Waals surface area contributed by atoms with E-state index < -0.39 is 17.4 Å². The Balaban J connectivity index is 2.00. The molecule has 1 N–H and O–H groups in total. The number of carbonyl (C=O) groups excluding carboxylic acids is 1. The van der Waals surface area contributed by atoms with E-state index in [1.807, 2.05) is 13.8 Å². The Bertz CT molecular complexity index is 1180. The van der Waals surface area contributed by atoms with Crippen molar-refractivity contribution in [3.05, 3.63) is 74.1 Å². The van der Waals surface area contributed by atoms with Crippen molar-refractivity contribution < 1.29 is 9.18 Å². The molecule has 0 spiro atoms. The molecule has 1 amide bonds. The summed E-state index contributed by atoms with van der Waals surface area (Å²) in [5, 5.41) is 3.00. The molecule has 0 atom stereocenters. The SMILES string of the molecule is CC(C)CCn1c(=O)c2ccccc2n(CC(=O)Nc2ccc(Cl)cc2F)c1=O. The molecule has 3 rings (SSSR count). The molecule has 1 heterocycles. The second-order valence-corrected chi connectivity index (χ2v) is 7.63. The number of fused-ring (bicyclic) bond motifs is 1. The summed E-state index contributed by atoms with van der Waals surface area (Å²) in [6.45, 7) is 3.90. The van der Waals surface area contributed by atoms with Crippen LogP contribution >= 0.6 is 11.6 Å². The highest BCUT2D eigenvalue weighted by Crippen LogP contribution is 2.19. The highest BCUT2D eigenvalue weighted by atomic mass is 35.5. The van der Waals surface area contributed by atoms with E-state index in [1.54, 1.807) is 24.3 Å². The largest absolute Gasteiger partial charge is 0.331 e. The first-order chi connectivity index (χ1) is 13.8. The van der Waals surface area contributed by atoms with Gasteiger partial charge in [0, 0.05) is 11.6 Å². The lowest BCUT2D eigenvalue weighted by Gasteiger charge is -2.15. The van der Waals surface area contributed by atoms with Gasteiger partial charge in [0.15, 0.2) is 0 Å². The predicted octanol–water partition coefficient (Wildman–Crippen LogP) is 3.64. The molecular weight excluding hydrogens is 397 g/mol. The summed E-state index contributed by atoms with van der Waals surface area (Å²) < 4.78 is 16.3. The predicted molar refractivity (Wildman–Crippen MR) is 112 cm³/mol. The van der Waals surface area contributed by atoms with Crippen LogP contribution in [0.2, 0.25) is 5.02 Å². The van der Waals surface area contributed by atoms with Crippen LogP contribution in [-0.2, 0) is 17.9 Å². The lowest BCUT2D eigenvalue weighted by molar-refractivity contribution is -0.116. The molecular formula is C21H21ClFN3O3. The van der Waals surface area contributed by atoms with Crippen LogP contribution in [0.25, 0.3) is 10.9 Å². The molecule has 0 bridgehead atoms. The Labute approximate surface area is 171 Å². The van der Waals surface area contributed by atoms with Gasteiger partial charge in [0.05, 0.1) is 16.6 Å². The van der Waals surface area contributed by atoms with E-state index >= 15 is 0 Å². The van der Waals surface area contributed by atoms with Crippen molar-refractivity contribution in [2.45, 2.75) is 33.4 Å². The summed E-state index contributed by atoms with van der Waals surface area (Å²) in [6, 6.07) is 10.5. The second-order valence-electron chi connectivity index (χ2n) is 7.20. The quantitative estimate of drug-likeness (QED) is 0.665. The summed E-state index contributed by atoms with van der Waals surface area (Å²) in [5.74, 6) is -0.963. The number of benzene rings is 2. The number of halogens is 2. The monoisotopic (exact) mass is 417 g/mol. The lowest BCUT2D eigenvalue weighted by Crippen LogP contribution is -2.42. The second kappa shape index (κ2) is 8.61. The maximum absolute atomic E-state index is 14.0. The Hall–Kier alpha value is -2.93. The normalized spacial score (nSPS) is 11.2. The van der Waals surface area contributed by atoms with E-state index in [2.05, 4.69) is 5.32 Å². The van der Waals surface area contributed by atoms with E-state index in [4.69, 9.17) is 11.6 Å². The zero-order valence-electron chi connectivity index (χ0n) is 16.1. The van der Waals surface area contributed by atoms with Gasteiger partial charge in [0.1, 0.15) is 12.4 Å². The number of hydrogen-bond donors (Lipinski definition) is 1. The number of para-hydroxylation sites is 1. The molecule has 0 aliphatic carbocycles. The van der Waals surface area contributed by atoms with Crippen molar-refractivity contribution in [1.29, 1.82) is 0 Å². The highest BCUT2D eigenvalue weighted by Gasteiger charge is 2.16. The third-order valence-electron chi connectivity index (χ3n) is 4.57. The summed E-state index contributed by atoms with van der Waals surface area (Å²) in [7, 11) is 0. The van der Waals surface area contributed by atoms with Crippen molar-refractivity contribution in [3.8, 4) is 0 Å². The van der Waals surface area contributed by atoms with Gasteiger partial charge in [-0.05, 0) is 42.7 Å². The minimum Gasteiger partial charge on any atom is -0.322 e. The fraction of sp³-hybridized carbons (Fsp3) is 0.286. The molecule has 0 fully saturated rings. The molecule has 29 heavy (non-hydrogen) atoms. The first-order valence-corrected chi connectivity index (χ1v) is 9.63. The highest BCUT2D eigenvalue weighted by molar-refractivity contribution is 6.30. The molecule has 152 valence electrons. The number of aromatic nitrogens is 2. The van der Waals surface area contributed by atoms with Gasteiger partial charge in [0.2, 0.25) is 5.91 Å². The van der Waals surface area contributed by atoms with Crippen LogP contribution in [-0.4, -0.2) is 15.0 Å². The smallest absolute Gasteiger partial charge is 0.322 e. The van der Waals surface area contributed by atoms with E-state index in [-0.39, 0.29) is 29.4 Å². The van der Waals surface area contributed by atoms with Gasteiger partial charge in [-0.25, -0.2) is 9.18 Å². The Morgan fingerprint density at radius 2 is 1.86 bits per heavy atom. The molecule has 6 nitrogen and oxygen atoms in total. The van der Waals surface area contributed by atoms with E-state index in [9.17, 15) is 18.8 Å². The maximum atomic E-state index is 14.0. The first kappa shape index (κ1) is 20.8. The molecule has 0 unspecified atom stereocenters. The third-order valence-corrected chi connectivity index (χ3v) is 4.80. The van der Waals surface area contributed by atoms with Crippen molar-refractivity contribution >= 4 is 34.1 Å². The number of carbonyl (C=O) groups is 1. The first-order valence-electron chi connectivity index (χ1n) is 9.25. The molecule has 2 aromatic carbocycles. The van der Waals surface area contributed by atoms with Crippen LogP contribution in [0, 0.1) is 11.7 Å². The van der Waals surface area contributed by atoms with Crippen LogP contribution < -0.4 is 16.6 Å². The number of nitrogens with one attached hydrogen (secondary N) is 1. The summed E-state index contributed by atoms with van der Waals surface area (Å²) in [5.41, 5.74) is -0.632. The summed E-state index contributed by atoms with van der Waals surface area (Å²) in [6.07, 6.45) is 0.648. The van der Waals surface area contributed by atoms with E-state index in [0.717, 1.165) is 10.6 Å². The van der Waals surface area contributed by atoms with Crippen molar-refractivity contribution in [2.24, 2.45) is 5.92 Å². The van der Waals surface area contributed by atoms with Crippen LogP contribution in [0.4, 0.5) is 10.1 Å². The molecule has 3 aromatic rings. The van der Waals surface area contributed by atoms with Gasteiger partial charge in [-0.15, -0.1) is 0 Å². The molecule has 0 saturated heterocycles. The molecule has 0 radical (unpaired) electrons. The Morgan fingerprint density at radius 3 is 2.55 bits per heavy atom. The number of hydrogen-bond acceptors (Lipinski definition) is 3. The topological polar surface area (TPSA) is 73.1 Å². The van der Waals surface area contributed by atoms with Gasteiger partial charge >= 0.3 is 5.69 Å². The zero-order valence-corrected chi connectivity index (χ0v) is 16.9. The number of rotatable bonds is 6. The standard InChI is InChI=1S/C21H21ClFN3O3/c1-13(2)9-10-25-20(28)15-5-3-4-6-18(15)26(21(25)29)12-19(27)24-17-8-7-14(22)11-16(17)23/h3-8,11,13H,9-10,12H2,1-2H3,(H,24,27). The average molecular weight is 418 g/mol. The fourth-order valence-corrected chi connectivity index (χ4v) is 3.19. The molecule has 0 aliphatic heterocycles. The van der Waals surface area contributed by atoms with Gasteiger partial charge in [-0.3, -0.25) is 18.7 Å². The summed E-state index contributed by atoms with van der Waals surface area (Å²) >= 11 is 5.72. The van der Waals surface area contributed by atoms with Crippen LogP contribution in [0.15, 0.2) is 52.1 Å². The minimum atomic E-state index is -0.676. The number of nitrogens with zero attached hydrogens (tertiary/aromatic N) is 2. The van der Waals surface area contributed by atoms with Crippen LogP contribution in [0.1, 0.15) is 20.3 Å². The Kier molecular flexibility index (Phi) is 6.17. The Morgan fingerprint density at radius 1 is 1.14 bits per heavy atom. The van der Waals surface area contributed by atoms with Gasteiger partial charge in [-0.1, -0.05) is 37.6 Å². The molecule has 0 aliphatic rings. The zero-order chi connectivity index (χ0) is 21.1. The lowest BCUT2D eigenvalue weighted by atomic mass is 10.1. The van der Waals surface area contributed by atoms with Crippen LogP contribution in [0.5, 0.6) is 0 Å². The molecule has 8 heteroatoms. The average Bonchev–Trinajstić information content (AvgIpc) is 2.67. The minimum absolute atomic E-state index is 0.0371. The van der Waals surface area contributed by atoms with Gasteiger partial charge < -0.3 is 5.32 Å². The maximum Gasteiger partial charge on any atom is 0.331 e. The summed E-state index contributed by atoms with van der Waals surface area (Å²) in [4.78, 5) is 38.2. The van der Waals surface area contributed by atoms with E-state index in [1.165, 1.54) is 16.7 Å². The molecule has 0 saturated carbocycles. The number of anilines is 1. The van der Waals surface area contributed by atoms with Gasteiger partial charge in [-0.2, -0.15) is 0 Å². The van der Waals surface area contributed by atoms with Crippen molar-refractivity contribution in [3.63, 3.8) is 0 Å². The third kappa shape index (κ3) is 4.56. The van der Waals surface area contributed by atoms with Crippen molar-refractivity contribution in [2.75, 3.05) is 5.32 Å². The molecule has 1 aromatic heterocycles. The fourth-order valence-electron chi connectivity index (χ4n) is 3.03. The van der Waals surface area contributed by atoms with Crippen LogP contribution in [0.3, 0.4) is 0 Å². The van der Waals surface area contributed by atoms with E-state index in [0.29, 0.717) is 23.2 Å².